The van der Waals surface area contributed by atoms with Crippen molar-refractivity contribution in [3.05, 3.63) is 23.2 Å². The van der Waals surface area contributed by atoms with Gasteiger partial charge in [-0.05, 0) is 56.7 Å². The molecule has 144 valence electrons. The number of hydrogen-bond donors (Lipinski definition) is 3. The molecule has 2 aliphatic rings. The average molecular weight is 388 g/mol. The highest BCUT2D eigenvalue weighted by atomic mass is 32.1. The van der Waals surface area contributed by atoms with Gasteiger partial charge in [0.1, 0.15) is 0 Å². The molecule has 7 nitrogen and oxygen atoms in total. The fraction of sp³-hybridized carbons (Fsp3) is 0.526. The van der Waals surface area contributed by atoms with Crippen LogP contribution in [0.4, 0.5) is 10.5 Å². The molecule has 2 aliphatic carbocycles. The third-order valence-electron chi connectivity index (χ3n) is 5.25. The summed E-state index contributed by atoms with van der Waals surface area (Å²) in [7, 11) is 0. The number of carbonyl (C=O) groups excluding carboxylic acids is 1. The number of benzene rings is 1. The van der Waals surface area contributed by atoms with Gasteiger partial charge in [-0.2, -0.15) is 0 Å². The number of aliphatic carboxylic acids is 1. The zero-order chi connectivity index (χ0) is 19.0. The van der Waals surface area contributed by atoms with Gasteiger partial charge in [0.25, 0.3) is 0 Å². The second kappa shape index (κ2) is 7.44. The van der Waals surface area contributed by atoms with Crippen LogP contribution in [0, 0.1) is 12.8 Å². The zero-order valence-electron chi connectivity index (χ0n) is 15.3. The molecule has 2 amide bonds. The Labute approximate surface area is 161 Å². The number of nitrogens with one attached hydrogen (secondary N) is 2. The van der Waals surface area contributed by atoms with E-state index < -0.39 is 5.97 Å². The summed E-state index contributed by atoms with van der Waals surface area (Å²) < 4.78 is 1.05. The number of nitrogens with zero attached hydrogens (tertiary/aromatic N) is 2. The molecule has 0 aliphatic heterocycles. The number of carbonyl (C=O) groups is 2. The van der Waals surface area contributed by atoms with E-state index >= 15 is 0 Å². The number of fused-ring (bicyclic) bond motifs is 1. The lowest BCUT2D eigenvalue weighted by atomic mass is 9.85. The number of hydrogen-bond acceptors (Lipinski definition) is 5. The smallest absolute Gasteiger partial charge is 0.319 e. The largest absolute Gasteiger partial charge is 0.480 e. The van der Waals surface area contributed by atoms with Crippen LogP contribution < -0.4 is 10.6 Å². The molecule has 0 radical (unpaired) electrons. The van der Waals surface area contributed by atoms with Crippen molar-refractivity contribution in [1.29, 1.82) is 0 Å². The predicted molar refractivity (Wildman–Crippen MR) is 105 cm³/mol. The summed E-state index contributed by atoms with van der Waals surface area (Å²) in [4.78, 5) is 29.8. The highest BCUT2D eigenvalue weighted by Gasteiger charge is 2.37. The molecule has 0 unspecified atom stereocenters. The maximum Gasteiger partial charge on any atom is 0.319 e. The van der Waals surface area contributed by atoms with Crippen molar-refractivity contribution in [3.63, 3.8) is 0 Å². The summed E-state index contributed by atoms with van der Waals surface area (Å²) in [6, 6.07) is 5.84. The molecular formula is C19H24N4O3S. The summed E-state index contributed by atoms with van der Waals surface area (Å²) in [6.45, 7) is 2.92. The van der Waals surface area contributed by atoms with Gasteiger partial charge in [-0.25, -0.2) is 9.78 Å². The number of anilines is 1. The fourth-order valence-corrected chi connectivity index (χ4v) is 4.49. The first-order valence-corrected chi connectivity index (χ1v) is 10.2. The summed E-state index contributed by atoms with van der Waals surface area (Å²) in [6.07, 6.45) is 4.02. The molecule has 8 heteroatoms. The first kappa shape index (κ1) is 18.2. The van der Waals surface area contributed by atoms with E-state index in [4.69, 9.17) is 5.11 Å². The van der Waals surface area contributed by atoms with Crippen LogP contribution in [0.15, 0.2) is 18.2 Å². The van der Waals surface area contributed by atoms with E-state index in [2.05, 4.69) is 20.5 Å². The first-order chi connectivity index (χ1) is 13.0. The lowest BCUT2D eigenvalue weighted by Gasteiger charge is -2.42. The highest BCUT2D eigenvalue weighted by Crippen LogP contribution is 2.33. The normalized spacial score (nSPS) is 21.9. The Morgan fingerprint density at radius 3 is 2.81 bits per heavy atom. The van der Waals surface area contributed by atoms with Crippen LogP contribution in [0.2, 0.25) is 0 Å². The quantitative estimate of drug-likeness (QED) is 0.678. The Bertz CT molecular complexity index is 858. The Morgan fingerprint density at radius 2 is 2.11 bits per heavy atom. The molecule has 4 rings (SSSR count). The second-order valence-electron chi connectivity index (χ2n) is 7.60. The minimum atomic E-state index is -0.779. The SMILES string of the molecule is Cc1nc2ccc(NC(=O)NC3CC(N(CC(=O)O)CC4CC4)C3)cc2s1. The van der Waals surface area contributed by atoms with Crippen molar-refractivity contribution in [3.8, 4) is 0 Å². The van der Waals surface area contributed by atoms with Crippen molar-refractivity contribution < 1.29 is 14.7 Å². The molecule has 0 bridgehead atoms. The monoisotopic (exact) mass is 388 g/mol. The van der Waals surface area contributed by atoms with Crippen LogP contribution in [-0.4, -0.2) is 52.2 Å². The predicted octanol–water partition coefficient (Wildman–Crippen LogP) is 3.05. The van der Waals surface area contributed by atoms with E-state index in [1.807, 2.05) is 25.1 Å². The zero-order valence-corrected chi connectivity index (χ0v) is 16.1. The topological polar surface area (TPSA) is 94.6 Å². The van der Waals surface area contributed by atoms with Crippen LogP contribution in [-0.2, 0) is 4.79 Å². The molecule has 1 aromatic carbocycles. The van der Waals surface area contributed by atoms with Crippen molar-refractivity contribution >= 4 is 39.2 Å². The van der Waals surface area contributed by atoms with Crippen LogP contribution in [0.25, 0.3) is 10.2 Å². The molecule has 2 aromatic rings. The Hall–Kier alpha value is -2.19. The number of aryl methyl sites for hydroxylation is 1. The minimum Gasteiger partial charge on any atom is -0.480 e. The highest BCUT2D eigenvalue weighted by molar-refractivity contribution is 7.18. The van der Waals surface area contributed by atoms with Gasteiger partial charge in [0.2, 0.25) is 0 Å². The van der Waals surface area contributed by atoms with Gasteiger partial charge in [0.15, 0.2) is 0 Å². The molecular weight excluding hydrogens is 364 g/mol. The Morgan fingerprint density at radius 1 is 1.33 bits per heavy atom. The number of rotatable bonds is 7. The molecule has 2 fully saturated rings. The molecule has 2 saturated carbocycles. The molecule has 27 heavy (non-hydrogen) atoms. The fourth-order valence-electron chi connectivity index (χ4n) is 3.62. The summed E-state index contributed by atoms with van der Waals surface area (Å²) in [5.41, 5.74) is 1.69. The second-order valence-corrected chi connectivity index (χ2v) is 8.84. The standard InChI is InChI=1S/C19H24N4O3S/c1-11-20-16-5-4-13(8-17(16)27-11)21-19(26)22-14-6-15(7-14)23(10-18(24)25)9-12-2-3-12/h4-5,8,12,14-15H,2-3,6-7,9-10H2,1H3,(H,24,25)(H2,21,22,26). The lowest BCUT2D eigenvalue weighted by molar-refractivity contribution is -0.139. The van der Waals surface area contributed by atoms with Crippen LogP contribution in [0.3, 0.4) is 0 Å². The van der Waals surface area contributed by atoms with E-state index in [1.165, 1.54) is 12.8 Å². The van der Waals surface area contributed by atoms with E-state index in [-0.39, 0.29) is 24.7 Å². The van der Waals surface area contributed by atoms with Crippen LogP contribution in [0.1, 0.15) is 30.7 Å². The molecule has 0 spiro atoms. The van der Waals surface area contributed by atoms with Crippen molar-refractivity contribution in [1.82, 2.24) is 15.2 Å². The third kappa shape index (κ3) is 4.56. The van der Waals surface area contributed by atoms with Gasteiger partial charge in [0.05, 0.1) is 21.8 Å². The average Bonchev–Trinajstić information content (AvgIpc) is 3.28. The summed E-state index contributed by atoms with van der Waals surface area (Å²) in [5.74, 6) is -0.122. The Balaban J connectivity index is 1.26. The molecule has 1 heterocycles. The minimum absolute atomic E-state index is 0.0916. The van der Waals surface area contributed by atoms with Gasteiger partial charge in [0, 0.05) is 24.3 Å². The number of thiazole rings is 1. The molecule has 0 saturated heterocycles. The number of urea groups is 1. The number of carboxylic acid groups (broad SMARTS) is 1. The number of carboxylic acids is 1. The maximum atomic E-state index is 12.3. The lowest BCUT2D eigenvalue weighted by Crippen LogP contribution is -2.55. The maximum absolute atomic E-state index is 12.3. The molecule has 3 N–H and O–H groups in total. The van der Waals surface area contributed by atoms with E-state index in [0.717, 1.165) is 40.3 Å². The summed E-state index contributed by atoms with van der Waals surface area (Å²) >= 11 is 1.60. The number of amides is 2. The van der Waals surface area contributed by atoms with Crippen LogP contribution in [0.5, 0.6) is 0 Å². The van der Waals surface area contributed by atoms with Gasteiger partial charge < -0.3 is 15.7 Å². The van der Waals surface area contributed by atoms with E-state index in [9.17, 15) is 9.59 Å². The van der Waals surface area contributed by atoms with Crippen molar-refractivity contribution in [2.45, 2.75) is 44.7 Å². The van der Waals surface area contributed by atoms with Gasteiger partial charge >= 0.3 is 12.0 Å². The number of aromatic nitrogens is 1. The van der Waals surface area contributed by atoms with E-state index in [1.54, 1.807) is 11.3 Å². The van der Waals surface area contributed by atoms with Gasteiger partial charge in [-0.1, -0.05) is 0 Å². The van der Waals surface area contributed by atoms with Gasteiger partial charge in [-0.3, -0.25) is 9.69 Å². The molecule has 1 aromatic heterocycles. The van der Waals surface area contributed by atoms with Crippen molar-refractivity contribution in [2.24, 2.45) is 5.92 Å². The van der Waals surface area contributed by atoms with Crippen LogP contribution >= 0.6 is 11.3 Å². The Kier molecular flexibility index (Phi) is 5.01. The van der Waals surface area contributed by atoms with Gasteiger partial charge in [-0.15, -0.1) is 11.3 Å². The van der Waals surface area contributed by atoms with E-state index in [0.29, 0.717) is 5.92 Å². The third-order valence-corrected chi connectivity index (χ3v) is 6.18. The van der Waals surface area contributed by atoms with Crippen molar-refractivity contribution in [2.75, 3.05) is 18.4 Å². The molecule has 0 atom stereocenters. The first-order valence-electron chi connectivity index (χ1n) is 9.37. The summed E-state index contributed by atoms with van der Waals surface area (Å²) in [5, 5.41) is 16.0.